The van der Waals surface area contributed by atoms with E-state index >= 15 is 0 Å². The lowest BCUT2D eigenvalue weighted by Gasteiger charge is -2.10. The van der Waals surface area contributed by atoms with Gasteiger partial charge in [0, 0.05) is 17.1 Å². The summed E-state index contributed by atoms with van der Waals surface area (Å²) in [4.78, 5) is 0. The highest BCUT2D eigenvalue weighted by molar-refractivity contribution is 9.10. The lowest BCUT2D eigenvalue weighted by molar-refractivity contribution is 0.280. The lowest BCUT2D eigenvalue weighted by atomic mass is 10.0. The quantitative estimate of drug-likeness (QED) is 0.891. The van der Waals surface area contributed by atoms with Crippen LogP contribution < -0.4 is 5.73 Å². The molecule has 0 aliphatic carbocycles. The van der Waals surface area contributed by atoms with Gasteiger partial charge in [-0.15, -0.1) is 12.4 Å². The van der Waals surface area contributed by atoms with Gasteiger partial charge in [-0.05, 0) is 30.5 Å². The third kappa shape index (κ3) is 4.42. The molecule has 0 saturated heterocycles. The van der Waals surface area contributed by atoms with Crippen LogP contribution in [-0.4, -0.2) is 11.7 Å². The van der Waals surface area contributed by atoms with Gasteiger partial charge in [0.25, 0.3) is 0 Å². The van der Waals surface area contributed by atoms with Crippen LogP contribution in [0.25, 0.3) is 0 Å². The summed E-state index contributed by atoms with van der Waals surface area (Å²) in [6.07, 6.45) is 1.59. The second-order valence-electron chi connectivity index (χ2n) is 3.02. The minimum atomic E-state index is 0. The maximum Gasteiger partial charge on any atom is 0.0431 e. The topological polar surface area (TPSA) is 46.2 Å². The molecule has 0 unspecified atom stereocenters. The van der Waals surface area contributed by atoms with Crippen LogP contribution >= 0.6 is 28.3 Å². The van der Waals surface area contributed by atoms with Crippen molar-refractivity contribution in [1.82, 2.24) is 0 Å². The van der Waals surface area contributed by atoms with Crippen LogP contribution in [0.1, 0.15) is 24.4 Å². The number of rotatable bonds is 4. The highest BCUT2D eigenvalue weighted by atomic mass is 79.9. The van der Waals surface area contributed by atoms with Crippen molar-refractivity contribution in [2.45, 2.75) is 18.9 Å². The van der Waals surface area contributed by atoms with Gasteiger partial charge in [0.15, 0.2) is 0 Å². The van der Waals surface area contributed by atoms with Crippen LogP contribution in [0.4, 0.5) is 0 Å². The zero-order valence-corrected chi connectivity index (χ0v) is 10.2. The largest absolute Gasteiger partial charge is 0.396 e. The normalized spacial score (nSPS) is 11.9. The first-order valence-electron chi connectivity index (χ1n) is 4.36. The summed E-state index contributed by atoms with van der Waals surface area (Å²) < 4.78 is 1.06. The van der Waals surface area contributed by atoms with Gasteiger partial charge in [-0.2, -0.15) is 0 Å². The van der Waals surface area contributed by atoms with Gasteiger partial charge in [-0.3, -0.25) is 0 Å². The number of hydrogen-bond donors (Lipinski definition) is 2. The van der Waals surface area contributed by atoms with Crippen molar-refractivity contribution in [3.63, 3.8) is 0 Å². The van der Waals surface area contributed by atoms with Crippen LogP contribution in [0.3, 0.4) is 0 Å². The zero-order chi connectivity index (χ0) is 9.68. The minimum Gasteiger partial charge on any atom is -0.396 e. The van der Waals surface area contributed by atoms with Gasteiger partial charge in [-0.25, -0.2) is 0 Å². The van der Waals surface area contributed by atoms with Crippen molar-refractivity contribution in [2.24, 2.45) is 5.73 Å². The molecular formula is C10H15BrClNO. The molecule has 4 heteroatoms. The molecule has 0 heterocycles. The number of halogens is 2. The van der Waals surface area contributed by atoms with Crippen molar-refractivity contribution in [2.75, 3.05) is 6.61 Å². The van der Waals surface area contributed by atoms with E-state index in [0.717, 1.165) is 22.9 Å². The summed E-state index contributed by atoms with van der Waals surface area (Å²) in [6, 6.07) is 8.01. The van der Waals surface area contributed by atoms with Crippen LogP contribution in [0.15, 0.2) is 28.7 Å². The number of hydrogen-bond acceptors (Lipinski definition) is 2. The van der Waals surface area contributed by atoms with Gasteiger partial charge in [0.2, 0.25) is 0 Å². The SMILES string of the molecule is Cl.N[C@@H](CCCO)c1ccc(Br)cc1. The monoisotopic (exact) mass is 279 g/mol. The number of aliphatic hydroxyl groups excluding tert-OH is 1. The summed E-state index contributed by atoms with van der Waals surface area (Å²) in [5.74, 6) is 0. The van der Waals surface area contributed by atoms with E-state index in [4.69, 9.17) is 10.8 Å². The third-order valence-electron chi connectivity index (χ3n) is 1.97. The van der Waals surface area contributed by atoms with Crippen molar-refractivity contribution < 1.29 is 5.11 Å². The molecule has 1 aromatic rings. The zero-order valence-electron chi connectivity index (χ0n) is 7.82. The van der Waals surface area contributed by atoms with Crippen LogP contribution in [-0.2, 0) is 0 Å². The number of benzene rings is 1. The van der Waals surface area contributed by atoms with E-state index in [0.29, 0.717) is 0 Å². The first-order valence-corrected chi connectivity index (χ1v) is 5.15. The molecule has 0 bridgehead atoms. The molecule has 14 heavy (non-hydrogen) atoms. The Morgan fingerprint density at radius 1 is 1.29 bits per heavy atom. The summed E-state index contributed by atoms with van der Waals surface area (Å²) in [7, 11) is 0. The molecule has 2 nitrogen and oxygen atoms in total. The number of aliphatic hydroxyl groups is 1. The second kappa shape index (κ2) is 7.23. The van der Waals surface area contributed by atoms with Crippen LogP contribution in [0, 0.1) is 0 Å². The molecule has 0 aliphatic heterocycles. The molecule has 0 spiro atoms. The van der Waals surface area contributed by atoms with Crippen molar-refractivity contribution in [3.05, 3.63) is 34.3 Å². The number of nitrogens with two attached hydrogens (primary N) is 1. The lowest BCUT2D eigenvalue weighted by Crippen LogP contribution is -2.10. The smallest absolute Gasteiger partial charge is 0.0431 e. The Morgan fingerprint density at radius 3 is 2.36 bits per heavy atom. The Labute approximate surface area is 99.0 Å². The Bertz CT molecular complexity index is 253. The molecule has 0 amide bonds. The molecule has 0 aromatic heterocycles. The average molecular weight is 281 g/mol. The Kier molecular flexibility index (Phi) is 7.19. The Hall–Kier alpha value is -0.0900. The molecule has 3 N–H and O–H groups in total. The van der Waals surface area contributed by atoms with E-state index in [1.54, 1.807) is 0 Å². The van der Waals surface area contributed by atoms with Gasteiger partial charge < -0.3 is 10.8 Å². The maximum absolute atomic E-state index is 8.64. The van der Waals surface area contributed by atoms with E-state index in [9.17, 15) is 0 Å². The fourth-order valence-electron chi connectivity index (χ4n) is 1.19. The fourth-order valence-corrected chi connectivity index (χ4v) is 1.45. The van der Waals surface area contributed by atoms with Gasteiger partial charge >= 0.3 is 0 Å². The van der Waals surface area contributed by atoms with E-state index in [2.05, 4.69) is 15.9 Å². The summed E-state index contributed by atoms with van der Waals surface area (Å²) in [5, 5.41) is 8.64. The first-order chi connectivity index (χ1) is 6.24. The predicted molar refractivity (Wildman–Crippen MR) is 64.6 cm³/mol. The van der Waals surface area contributed by atoms with Crippen LogP contribution in [0.5, 0.6) is 0 Å². The maximum atomic E-state index is 8.64. The van der Waals surface area contributed by atoms with Crippen molar-refractivity contribution in [3.8, 4) is 0 Å². The highest BCUT2D eigenvalue weighted by Crippen LogP contribution is 2.18. The van der Waals surface area contributed by atoms with Gasteiger partial charge in [-0.1, -0.05) is 28.1 Å². The summed E-state index contributed by atoms with van der Waals surface area (Å²) in [5.41, 5.74) is 7.03. The van der Waals surface area contributed by atoms with Crippen molar-refractivity contribution >= 4 is 28.3 Å². The average Bonchev–Trinajstić information content (AvgIpc) is 2.15. The van der Waals surface area contributed by atoms with Crippen LogP contribution in [0.2, 0.25) is 0 Å². The Morgan fingerprint density at radius 2 is 1.86 bits per heavy atom. The summed E-state index contributed by atoms with van der Waals surface area (Å²) >= 11 is 3.37. The van der Waals surface area contributed by atoms with E-state index in [-0.39, 0.29) is 25.1 Å². The Balaban J connectivity index is 0.00000169. The predicted octanol–water partition coefficient (Wildman–Crippen LogP) is 2.64. The van der Waals surface area contributed by atoms with Gasteiger partial charge in [0.1, 0.15) is 0 Å². The van der Waals surface area contributed by atoms with Crippen molar-refractivity contribution in [1.29, 1.82) is 0 Å². The summed E-state index contributed by atoms with van der Waals surface area (Å²) in [6.45, 7) is 0.213. The van der Waals surface area contributed by atoms with E-state index in [1.165, 1.54) is 0 Å². The minimum absolute atomic E-state index is 0. The molecule has 0 aliphatic rings. The molecule has 0 fully saturated rings. The van der Waals surface area contributed by atoms with E-state index < -0.39 is 0 Å². The van der Waals surface area contributed by atoms with E-state index in [1.807, 2.05) is 24.3 Å². The second-order valence-corrected chi connectivity index (χ2v) is 3.94. The molecule has 1 aromatic carbocycles. The van der Waals surface area contributed by atoms with Gasteiger partial charge in [0.05, 0.1) is 0 Å². The standard InChI is InChI=1S/C10H14BrNO.ClH/c11-9-5-3-8(4-6-9)10(12)2-1-7-13;/h3-6,10,13H,1-2,7,12H2;1H/t10-;/m0./s1. The molecule has 80 valence electrons. The molecule has 0 radical (unpaired) electrons. The molecule has 1 atom stereocenters. The third-order valence-corrected chi connectivity index (χ3v) is 2.50. The molecular weight excluding hydrogens is 265 g/mol. The molecule has 0 saturated carbocycles. The molecule has 1 rings (SSSR count). The fraction of sp³-hybridized carbons (Fsp3) is 0.400. The first kappa shape index (κ1) is 13.9. The highest BCUT2D eigenvalue weighted by Gasteiger charge is 2.04.